The number of rotatable bonds is 10. The fraction of sp³-hybridized carbons (Fsp3) is 0.900. The van der Waals surface area contributed by atoms with Crippen LogP contribution in [-0.2, 0) is 19.0 Å². The van der Waals surface area contributed by atoms with Gasteiger partial charge in [-0.1, -0.05) is 13.3 Å². The molecule has 16 heavy (non-hydrogen) atoms. The molecule has 0 aliphatic carbocycles. The Labute approximate surface area is 95.1 Å². The van der Waals surface area contributed by atoms with Crippen LogP contribution in [0.4, 0.5) is 0 Å². The third-order valence-corrected chi connectivity index (χ3v) is 1.63. The van der Waals surface area contributed by atoms with Crippen molar-refractivity contribution in [3.8, 4) is 0 Å². The predicted octanol–water partition coefficient (Wildman–Crippen LogP) is -0.326. The summed E-state index contributed by atoms with van der Waals surface area (Å²) in [7, 11) is 0. The topological polar surface area (TPSA) is 85.2 Å². The van der Waals surface area contributed by atoms with Gasteiger partial charge in [-0.25, -0.2) is 4.79 Å². The molecule has 0 fully saturated rings. The van der Waals surface area contributed by atoms with Crippen molar-refractivity contribution < 1.29 is 29.2 Å². The molecule has 0 rings (SSSR count). The quantitative estimate of drug-likeness (QED) is 0.307. The fourth-order valence-electron chi connectivity index (χ4n) is 0.870. The third-order valence-electron chi connectivity index (χ3n) is 1.63. The Balaban J connectivity index is 3.39. The molecule has 0 heterocycles. The Morgan fingerprint density at radius 3 is 2.69 bits per heavy atom. The lowest BCUT2D eigenvalue weighted by molar-refractivity contribution is -0.182. The van der Waals surface area contributed by atoms with Gasteiger partial charge in [-0.15, -0.1) is 0 Å². The molecule has 0 saturated heterocycles. The Hall–Kier alpha value is -0.690. The predicted molar refractivity (Wildman–Crippen MR) is 55.7 cm³/mol. The highest BCUT2D eigenvalue weighted by Crippen LogP contribution is 1.93. The second kappa shape index (κ2) is 10.8. The lowest BCUT2D eigenvalue weighted by Gasteiger charge is -2.12. The normalized spacial score (nSPS) is 12.4. The third kappa shape index (κ3) is 9.85. The van der Waals surface area contributed by atoms with Gasteiger partial charge in [-0.3, -0.25) is 0 Å². The van der Waals surface area contributed by atoms with Gasteiger partial charge >= 0.3 is 5.97 Å². The van der Waals surface area contributed by atoms with Crippen molar-refractivity contribution in [2.45, 2.75) is 26.1 Å². The van der Waals surface area contributed by atoms with E-state index in [1.54, 1.807) is 0 Å². The maximum absolute atomic E-state index is 11.0. The molecule has 0 bridgehead atoms. The van der Waals surface area contributed by atoms with Crippen LogP contribution in [-0.4, -0.2) is 55.5 Å². The van der Waals surface area contributed by atoms with E-state index in [2.05, 4.69) is 4.74 Å². The van der Waals surface area contributed by atoms with Crippen molar-refractivity contribution in [1.82, 2.24) is 0 Å². The van der Waals surface area contributed by atoms with E-state index in [0.29, 0.717) is 6.61 Å². The van der Waals surface area contributed by atoms with Crippen LogP contribution < -0.4 is 0 Å². The molecule has 0 spiro atoms. The zero-order valence-corrected chi connectivity index (χ0v) is 9.55. The van der Waals surface area contributed by atoms with Crippen molar-refractivity contribution in [1.29, 1.82) is 0 Å². The van der Waals surface area contributed by atoms with E-state index in [4.69, 9.17) is 19.7 Å². The average Bonchev–Trinajstić information content (AvgIpc) is 2.25. The van der Waals surface area contributed by atoms with Gasteiger partial charge in [0.15, 0.2) is 0 Å². The molecule has 0 aliphatic heterocycles. The number of hydrogen-bond donors (Lipinski definition) is 2. The van der Waals surface area contributed by atoms with Crippen LogP contribution in [0.15, 0.2) is 0 Å². The van der Waals surface area contributed by atoms with Crippen LogP contribution >= 0.6 is 0 Å². The zero-order valence-electron chi connectivity index (χ0n) is 9.55. The number of esters is 1. The van der Waals surface area contributed by atoms with Crippen LogP contribution in [0.25, 0.3) is 0 Å². The van der Waals surface area contributed by atoms with Crippen molar-refractivity contribution in [3.05, 3.63) is 0 Å². The van der Waals surface area contributed by atoms with E-state index in [9.17, 15) is 4.79 Å². The van der Waals surface area contributed by atoms with Crippen molar-refractivity contribution in [2.24, 2.45) is 0 Å². The highest BCUT2D eigenvalue weighted by Gasteiger charge is 2.10. The molecule has 6 nitrogen and oxygen atoms in total. The Bertz CT molecular complexity index is 173. The summed E-state index contributed by atoms with van der Waals surface area (Å²) in [6.45, 7) is 2.16. The second-order valence-electron chi connectivity index (χ2n) is 3.15. The highest BCUT2D eigenvalue weighted by molar-refractivity contribution is 5.70. The van der Waals surface area contributed by atoms with Crippen molar-refractivity contribution >= 4 is 5.97 Å². The molecule has 0 aromatic rings. The van der Waals surface area contributed by atoms with Crippen LogP contribution in [0.1, 0.15) is 19.8 Å². The molecule has 1 atom stereocenters. The Kier molecular flexibility index (Phi) is 10.3. The first-order valence-electron chi connectivity index (χ1n) is 5.34. The summed E-state index contributed by atoms with van der Waals surface area (Å²) in [6, 6.07) is 0. The van der Waals surface area contributed by atoms with E-state index >= 15 is 0 Å². The molecule has 0 saturated carbocycles. The summed E-state index contributed by atoms with van der Waals surface area (Å²) in [4.78, 5) is 11.0. The van der Waals surface area contributed by atoms with Crippen LogP contribution in [0, 0.1) is 0 Å². The van der Waals surface area contributed by atoms with Gasteiger partial charge in [0.1, 0.15) is 13.2 Å². The van der Waals surface area contributed by atoms with E-state index in [0.717, 1.165) is 12.8 Å². The largest absolute Gasteiger partial charge is 0.432 e. The number of carbonyl (C=O) groups is 1. The summed E-state index contributed by atoms with van der Waals surface area (Å²) in [5.41, 5.74) is 0. The SMILES string of the molecule is CCCCOCC(=O)OC(O)COCCO. The van der Waals surface area contributed by atoms with Crippen LogP contribution in [0.3, 0.4) is 0 Å². The molecular formula is C10H20O6. The molecule has 0 amide bonds. The molecule has 2 N–H and O–H groups in total. The first-order chi connectivity index (χ1) is 7.70. The molecule has 96 valence electrons. The first-order valence-corrected chi connectivity index (χ1v) is 5.34. The smallest absolute Gasteiger partial charge is 0.334 e. The van der Waals surface area contributed by atoms with E-state index < -0.39 is 12.3 Å². The second-order valence-corrected chi connectivity index (χ2v) is 3.15. The van der Waals surface area contributed by atoms with Gasteiger partial charge in [-0.05, 0) is 6.42 Å². The van der Waals surface area contributed by atoms with Crippen molar-refractivity contribution in [2.75, 3.05) is 33.0 Å². The zero-order chi connectivity index (χ0) is 12.2. The van der Waals surface area contributed by atoms with E-state index in [-0.39, 0.29) is 26.4 Å². The minimum atomic E-state index is -1.31. The molecule has 6 heteroatoms. The monoisotopic (exact) mass is 236 g/mol. The standard InChI is InChI=1S/C10H20O6/c1-2-3-5-14-7-9(12)16-10(13)8-15-6-4-11/h10-11,13H,2-8H2,1H3. The number of carbonyl (C=O) groups excluding carboxylic acids is 1. The fourth-order valence-corrected chi connectivity index (χ4v) is 0.870. The molecule has 0 aromatic carbocycles. The summed E-state index contributed by atoms with van der Waals surface area (Å²) < 4.78 is 14.3. The van der Waals surface area contributed by atoms with Gasteiger partial charge in [-0.2, -0.15) is 0 Å². The number of unbranched alkanes of at least 4 members (excludes halogenated alkanes) is 1. The van der Waals surface area contributed by atoms with Crippen LogP contribution in [0.2, 0.25) is 0 Å². The number of ether oxygens (including phenoxy) is 3. The van der Waals surface area contributed by atoms with Gasteiger partial charge < -0.3 is 24.4 Å². The Morgan fingerprint density at radius 1 is 1.31 bits per heavy atom. The number of aliphatic hydroxyl groups is 2. The summed E-state index contributed by atoms with van der Waals surface area (Å²) >= 11 is 0. The number of aliphatic hydroxyl groups excluding tert-OH is 2. The highest BCUT2D eigenvalue weighted by atomic mass is 16.7. The summed E-state index contributed by atoms with van der Waals surface area (Å²) in [5, 5.41) is 17.5. The maximum Gasteiger partial charge on any atom is 0.334 e. The van der Waals surface area contributed by atoms with Gasteiger partial charge in [0.05, 0.1) is 13.2 Å². The summed E-state index contributed by atoms with van der Waals surface area (Å²) in [6.07, 6.45) is 0.566. The average molecular weight is 236 g/mol. The lowest BCUT2D eigenvalue weighted by Crippen LogP contribution is -2.26. The van der Waals surface area contributed by atoms with Gasteiger partial charge in [0.2, 0.25) is 6.29 Å². The van der Waals surface area contributed by atoms with Gasteiger partial charge in [0, 0.05) is 6.61 Å². The van der Waals surface area contributed by atoms with Crippen molar-refractivity contribution in [3.63, 3.8) is 0 Å². The molecule has 0 radical (unpaired) electrons. The summed E-state index contributed by atoms with van der Waals surface area (Å²) in [5.74, 6) is -0.629. The first kappa shape index (κ1) is 15.3. The van der Waals surface area contributed by atoms with E-state index in [1.807, 2.05) is 6.92 Å². The minimum Gasteiger partial charge on any atom is -0.432 e. The molecule has 1 unspecified atom stereocenters. The molecular weight excluding hydrogens is 216 g/mol. The van der Waals surface area contributed by atoms with E-state index in [1.165, 1.54) is 0 Å². The maximum atomic E-state index is 11.0. The lowest BCUT2D eigenvalue weighted by atomic mass is 10.4. The number of hydrogen-bond acceptors (Lipinski definition) is 6. The molecule has 0 aliphatic rings. The van der Waals surface area contributed by atoms with Gasteiger partial charge in [0.25, 0.3) is 0 Å². The molecule has 0 aromatic heterocycles. The Morgan fingerprint density at radius 2 is 2.06 bits per heavy atom. The van der Waals surface area contributed by atoms with Crippen LogP contribution in [0.5, 0.6) is 0 Å². The minimum absolute atomic E-state index is 0.0988.